The van der Waals surface area contributed by atoms with Gasteiger partial charge in [0, 0.05) is 0 Å². The maximum absolute atomic E-state index is 2.24. The van der Waals surface area contributed by atoms with Crippen LogP contribution in [-0.2, 0) is 24.2 Å². The molecule has 0 saturated heterocycles. The summed E-state index contributed by atoms with van der Waals surface area (Å²) in [7, 11) is 0. The van der Waals surface area contributed by atoms with E-state index in [1.807, 2.05) is 0 Å². The minimum absolute atomic E-state index is 0. The Labute approximate surface area is 264 Å². The molecular weight excluding hydrogens is 607 g/mol. The van der Waals surface area contributed by atoms with Gasteiger partial charge in [0.25, 0.3) is 0 Å². The SMILES string of the molecule is Cc1cc2c(C)cccc2[cH-]1.Cl.Cl.[Zr+2]=[C](c1ccccc1)c1ccccc1.c1ccc2c(c1)[cH-]c1ccccc12. The van der Waals surface area contributed by atoms with E-state index in [-0.39, 0.29) is 24.8 Å². The van der Waals surface area contributed by atoms with Gasteiger partial charge in [-0.1, -0.05) is 55.0 Å². The van der Waals surface area contributed by atoms with Crippen molar-refractivity contribution in [2.24, 2.45) is 0 Å². The van der Waals surface area contributed by atoms with Crippen LogP contribution in [-0.4, -0.2) is 3.21 Å². The molecule has 0 spiro atoms. The van der Waals surface area contributed by atoms with E-state index in [9.17, 15) is 0 Å². The fraction of sp³-hybridized carbons (Fsp3) is 0.0541. The Hall–Kier alpha value is -3.09. The van der Waals surface area contributed by atoms with Gasteiger partial charge in [-0.25, -0.2) is 0 Å². The number of fused-ring (bicyclic) bond motifs is 4. The molecule has 0 aliphatic rings. The second-order valence-corrected chi connectivity index (χ2v) is 10.8. The van der Waals surface area contributed by atoms with Crippen molar-refractivity contribution >= 4 is 60.3 Å². The molecule has 7 rings (SSSR count). The van der Waals surface area contributed by atoms with Gasteiger partial charge in [0.15, 0.2) is 0 Å². The maximum Gasteiger partial charge on any atom is -0.0771 e. The predicted octanol–water partition coefficient (Wildman–Crippen LogP) is 10.5. The van der Waals surface area contributed by atoms with Gasteiger partial charge in [-0.15, -0.1) is 99.1 Å². The Morgan fingerprint density at radius 3 is 1.40 bits per heavy atom. The molecule has 40 heavy (non-hydrogen) atoms. The van der Waals surface area contributed by atoms with Gasteiger partial charge in [-0.05, 0) is 6.92 Å². The second kappa shape index (κ2) is 15.1. The van der Waals surface area contributed by atoms with Crippen molar-refractivity contribution in [1.82, 2.24) is 0 Å². The topological polar surface area (TPSA) is 0 Å². The van der Waals surface area contributed by atoms with Crippen LogP contribution in [0.25, 0.3) is 32.3 Å². The van der Waals surface area contributed by atoms with Crippen LogP contribution in [0.15, 0.2) is 146 Å². The molecule has 0 radical (unpaired) electrons. The monoisotopic (exact) mass is 636 g/mol. The minimum atomic E-state index is 0. The average molecular weight is 639 g/mol. The molecule has 198 valence electrons. The van der Waals surface area contributed by atoms with E-state index in [0.29, 0.717) is 0 Å². The molecule has 0 nitrogen and oxygen atoms in total. The summed E-state index contributed by atoms with van der Waals surface area (Å²) in [5, 5.41) is 8.15. The quantitative estimate of drug-likeness (QED) is 0.165. The van der Waals surface area contributed by atoms with Crippen molar-refractivity contribution in [3.05, 3.63) is 168 Å². The Balaban J connectivity index is 0.000000162. The van der Waals surface area contributed by atoms with Gasteiger partial charge >= 0.3 is 99.2 Å². The van der Waals surface area contributed by atoms with Gasteiger partial charge in [0.1, 0.15) is 0 Å². The molecule has 7 aromatic rings. The second-order valence-electron chi connectivity index (χ2n) is 9.54. The number of hydrogen-bond donors (Lipinski definition) is 0. The van der Waals surface area contributed by atoms with E-state index < -0.39 is 0 Å². The van der Waals surface area contributed by atoms with Crippen LogP contribution in [0, 0.1) is 13.8 Å². The largest absolute Gasteiger partial charge is 0.126 e. The molecule has 0 aliphatic carbocycles. The van der Waals surface area contributed by atoms with Crippen LogP contribution in [0.3, 0.4) is 0 Å². The Bertz CT molecular complexity index is 1700. The first-order valence-corrected chi connectivity index (χ1v) is 14.2. The number of halogens is 2. The molecule has 0 atom stereocenters. The van der Waals surface area contributed by atoms with E-state index >= 15 is 0 Å². The predicted molar refractivity (Wildman–Crippen MR) is 177 cm³/mol. The number of aryl methyl sites for hydroxylation is 2. The minimum Gasteiger partial charge on any atom is -0.126 e. The number of hydrogen-bond acceptors (Lipinski definition) is 0. The standard InChI is InChI=1S/C13H9.C13H10.C11H11.2ClH.Zr/c1-3-7-12-10(5-1)9-11-6-2-4-8-13(11)12;1-3-7-12(8-4-1)11-13-9-5-2-6-10-13;1-8-6-10-5-3-4-9(2)11(10)7-8;;;/h1-9H;1-10H;3-7H,1-2H3;2*1H;/q-1;;-1;;;+2. The maximum atomic E-state index is 2.24. The van der Waals surface area contributed by atoms with Gasteiger partial charge in [0.05, 0.1) is 0 Å². The van der Waals surface area contributed by atoms with E-state index in [4.69, 9.17) is 0 Å². The van der Waals surface area contributed by atoms with Gasteiger partial charge in [-0.3, -0.25) is 0 Å². The Morgan fingerprint density at radius 1 is 0.475 bits per heavy atom. The van der Waals surface area contributed by atoms with Crippen LogP contribution in [0.4, 0.5) is 0 Å². The summed E-state index contributed by atoms with van der Waals surface area (Å²) in [6.45, 7) is 4.29. The molecular formula is C37H32Cl2Zr. The third kappa shape index (κ3) is 7.55. The molecule has 0 N–H and O–H groups in total. The average Bonchev–Trinajstić information content (AvgIpc) is 3.55. The molecule has 3 heteroatoms. The smallest absolute Gasteiger partial charge is 0.0771 e. The fourth-order valence-electron chi connectivity index (χ4n) is 4.82. The molecule has 0 unspecified atom stereocenters. The van der Waals surface area contributed by atoms with Crippen molar-refractivity contribution in [2.75, 3.05) is 0 Å². The Kier molecular flexibility index (Phi) is 11.8. The van der Waals surface area contributed by atoms with E-state index in [1.165, 1.54) is 82.0 Å². The summed E-state index contributed by atoms with van der Waals surface area (Å²) in [6.07, 6.45) is 0. The molecule has 0 bridgehead atoms. The normalized spacial score (nSPS) is 10.0. The van der Waals surface area contributed by atoms with E-state index in [1.54, 1.807) is 0 Å². The summed E-state index contributed by atoms with van der Waals surface area (Å²) in [5.41, 5.74) is 5.39. The van der Waals surface area contributed by atoms with Gasteiger partial charge in [0.2, 0.25) is 0 Å². The summed E-state index contributed by atoms with van der Waals surface area (Å²) in [5.74, 6) is 0. The van der Waals surface area contributed by atoms with Crippen LogP contribution >= 0.6 is 24.8 Å². The van der Waals surface area contributed by atoms with E-state index in [0.717, 1.165) is 0 Å². The van der Waals surface area contributed by atoms with Crippen molar-refractivity contribution in [2.45, 2.75) is 13.8 Å². The summed E-state index contributed by atoms with van der Waals surface area (Å²) in [4.78, 5) is 0. The third-order valence-electron chi connectivity index (χ3n) is 6.76. The van der Waals surface area contributed by atoms with E-state index in [2.05, 4.69) is 159 Å². The number of rotatable bonds is 2. The van der Waals surface area contributed by atoms with Crippen molar-refractivity contribution in [1.29, 1.82) is 0 Å². The molecule has 0 aliphatic heterocycles. The zero-order valence-electron chi connectivity index (χ0n) is 22.7. The first kappa shape index (κ1) is 31.4. The summed E-state index contributed by atoms with van der Waals surface area (Å²) in [6, 6.07) is 51.3. The molecule has 7 aromatic carbocycles. The molecule has 0 amide bonds. The van der Waals surface area contributed by atoms with Crippen molar-refractivity contribution in [3.8, 4) is 0 Å². The summed E-state index contributed by atoms with van der Waals surface area (Å²) >= 11 is 1.46. The van der Waals surface area contributed by atoms with Crippen LogP contribution in [0.5, 0.6) is 0 Å². The van der Waals surface area contributed by atoms with Crippen LogP contribution in [0.2, 0.25) is 0 Å². The van der Waals surface area contributed by atoms with Crippen LogP contribution < -0.4 is 0 Å². The molecule has 0 saturated carbocycles. The first-order chi connectivity index (χ1) is 18.6. The fourth-order valence-corrected chi connectivity index (χ4v) is 5.64. The van der Waals surface area contributed by atoms with Crippen molar-refractivity contribution < 1.29 is 24.2 Å². The molecule has 0 heterocycles. The third-order valence-corrected chi connectivity index (χ3v) is 8.18. The summed E-state index contributed by atoms with van der Waals surface area (Å²) < 4.78 is 1.42. The zero-order chi connectivity index (χ0) is 26.3. The Morgan fingerprint density at radius 2 is 0.900 bits per heavy atom. The number of benzene rings is 5. The van der Waals surface area contributed by atoms with Crippen molar-refractivity contribution in [3.63, 3.8) is 0 Å². The molecule has 0 aromatic heterocycles. The van der Waals surface area contributed by atoms with Gasteiger partial charge < -0.3 is 0 Å². The first-order valence-electron chi connectivity index (χ1n) is 13.0. The van der Waals surface area contributed by atoms with Gasteiger partial charge in [-0.2, -0.15) is 6.07 Å². The zero-order valence-corrected chi connectivity index (χ0v) is 26.8. The molecule has 0 fully saturated rings. The van der Waals surface area contributed by atoms with Crippen LogP contribution in [0.1, 0.15) is 22.3 Å².